The third-order valence-electron chi connectivity index (χ3n) is 5.30. The lowest BCUT2D eigenvalue weighted by Gasteiger charge is -2.19. The summed E-state index contributed by atoms with van der Waals surface area (Å²) in [5, 5.41) is 8.30. The average molecular weight is 456 g/mol. The first-order valence-corrected chi connectivity index (χ1v) is 11.8. The summed E-state index contributed by atoms with van der Waals surface area (Å²) in [4.78, 5) is 32.1. The molecule has 1 saturated carbocycles. The highest BCUT2D eigenvalue weighted by Crippen LogP contribution is 2.41. The van der Waals surface area contributed by atoms with Crippen molar-refractivity contribution in [1.82, 2.24) is 14.9 Å². The maximum atomic E-state index is 13.1. The highest BCUT2D eigenvalue weighted by atomic mass is 35.5. The van der Waals surface area contributed by atoms with Crippen LogP contribution in [0.2, 0.25) is 5.02 Å². The van der Waals surface area contributed by atoms with Crippen molar-refractivity contribution in [2.24, 2.45) is 5.92 Å². The van der Waals surface area contributed by atoms with Crippen LogP contribution in [-0.4, -0.2) is 15.5 Å². The van der Waals surface area contributed by atoms with Crippen LogP contribution >= 0.6 is 34.3 Å². The first kappa shape index (κ1) is 19.5. The Morgan fingerprint density at radius 2 is 2.03 bits per heavy atom. The van der Waals surface area contributed by atoms with Gasteiger partial charge in [-0.3, -0.25) is 14.2 Å². The Bertz CT molecular complexity index is 1260. The molecule has 1 unspecified atom stereocenters. The molecule has 3 heterocycles. The molecule has 0 saturated heterocycles. The van der Waals surface area contributed by atoms with E-state index in [1.807, 2.05) is 47.2 Å². The molecule has 1 aromatic carbocycles. The van der Waals surface area contributed by atoms with Crippen LogP contribution in [0.4, 0.5) is 0 Å². The topological polar surface area (TPSA) is 64.0 Å². The molecule has 5 nitrogen and oxygen atoms in total. The number of thiophene rings is 2. The Kier molecular flexibility index (Phi) is 5.18. The number of nitrogens with zero attached hydrogens (tertiary/aromatic N) is 2. The summed E-state index contributed by atoms with van der Waals surface area (Å²) in [6, 6.07) is 11.5. The molecule has 1 aliphatic rings. The molecule has 1 amide bonds. The molecule has 3 aromatic heterocycles. The summed E-state index contributed by atoms with van der Waals surface area (Å²) in [5.74, 6) is 0.229. The van der Waals surface area contributed by atoms with Crippen LogP contribution in [0.25, 0.3) is 20.7 Å². The fourth-order valence-corrected chi connectivity index (χ4v) is 5.49. The van der Waals surface area contributed by atoms with Crippen molar-refractivity contribution in [2.45, 2.75) is 25.4 Å². The first-order chi connectivity index (χ1) is 14.6. The molecule has 0 bridgehead atoms. The van der Waals surface area contributed by atoms with Gasteiger partial charge in [0.2, 0.25) is 5.91 Å². The van der Waals surface area contributed by atoms with Crippen LogP contribution in [0, 0.1) is 5.92 Å². The maximum Gasteiger partial charge on any atom is 0.263 e. The largest absolute Gasteiger partial charge is 0.347 e. The van der Waals surface area contributed by atoms with E-state index in [-0.39, 0.29) is 24.1 Å². The van der Waals surface area contributed by atoms with E-state index >= 15 is 0 Å². The SMILES string of the molecule is O=C(Cn1cnc2scc(-c3cccs3)c2c1=O)NC(c1ccc(Cl)cc1)C1CC1. The lowest BCUT2D eigenvalue weighted by molar-refractivity contribution is -0.122. The molecule has 1 N–H and O–H groups in total. The molecule has 152 valence electrons. The standard InChI is InChI=1S/C22H18ClN3O2S2/c23-15-7-5-14(6-8-15)20(13-3-4-13)25-18(27)10-26-12-24-21-19(22(26)28)16(11-30-21)17-2-1-9-29-17/h1-2,5-9,11-13,20H,3-4,10H2,(H,25,27). The second kappa shape index (κ2) is 7.98. The predicted octanol–water partition coefficient (Wildman–Crippen LogP) is 5.11. The number of amides is 1. The molecule has 1 atom stereocenters. The van der Waals surface area contributed by atoms with Crippen molar-refractivity contribution in [3.8, 4) is 10.4 Å². The van der Waals surface area contributed by atoms with Crippen LogP contribution in [0.3, 0.4) is 0 Å². The van der Waals surface area contributed by atoms with Gasteiger partial charge >= 0.3 is 0 Å². The van der Waals surface area contributed by atoms with E-state index in [9.17, 15) is 9.59 Å². The van der Waals surface area contributed by atoms with E-state index in [2.05, 4.69) is 10.3 Å². The highest BCUT2D eigenvalue weighted by molar-refractivity contribution is 7.18. The fraction of sp³-hybridized carbons (Fsp3) is 0.227. The van der Waals surface area contributed by atoms with Crippen molar-refractivity contribution in [3.63, 3.8) is 0 Å². The van der Waals surface area contributed by atoms with E-state index in [1.165, 1.54) is 22.2 Å². The monoisotopic (exact) mass is 455 g/mol. The van der Waals surface area contributed by atoms with Gasteiger partial charge < -0.3 is 5.32 Å². The molecule has 5 rings (SSSR count). The molecular formula is C22H18ClN3O2S2. The van der Waals surface area contributed by atoms with Crippen LogP contribution in [-0.2, 0) is 11.3 Å². The smallest absolute Gasteiger partial charge is 0.263 e. The summed E-state index contributed by atoms with van der Waals surface area (Å²) < 4.78 is 1.40. The van der Waals surface area contributed by atoms with Crippen molar-refractivity contribution >= 4 is 50.4 Å². The Balaban J connectivity index is 1.40. The number of fused-ring (bicyclic) bond motifs is 1. The fourth-order valence-electron chi connectivity index (χ4n) is 3.64. The van der Waals surface area contributed by atoms with Crippen molar-refractivity contribution in [3.05, 3.63) is 74.4 Å². The number of aromatic nitrogens is 2. The number of benzene rings is 1. The third kappa shape index (κ3) is 3.80. The van der Waals surface area contributed by atoms with Gasteiger partial charge in [-0.05, 0) is 47.9 Å². The van der Waals surface area contributed by atoms with Gasteiger partial charge in [-0.2, -0.15) is 0 Å². The molecular weight excluding hydrogens is 438 g/mol. The zero-order valence-electron chi connectivity index (χ0n) is 15.9. The minimum absolute atomic E-state index is 0.0572. The molecule has 8 heteroatoms. The zero-order valence-corrected chi connectivity index (χ0v) is 18.3. The normalized spacial score (nSPS) is 14.7. The lowest BCUT2D eigenvalue weighted by atomic mass is 10.0. The van der Waals surface area contributed by atoms with Gasteiger partial charge in [-0.1, -0.05) is 29.8 Å². The second-order valence-electron chi connectivity index (χ2n) is 7.42. The zero-order chi connectivity index (χ0) is 20.7. The van der Waals surface area contributed by atoms with Gasteiger partial charge in [0.05, 0.1) is 17.8 Å². The Hall–Kier alpha value is -2.48. The van der Waals surface area contributed by atoms with Gasteiger partial charge in [0.1, 0.15) is 11.4 Å². The highest BCUT2D eigenvalue weighted by Gasteiger charge is 2.33. The molecule has 4 aromatic rings. The molecule has 1 aliphatic carbocycles. The maximum absolute atomic E-state index is 13.1. The average Bonchev–Trinajstić information content (AvgIpc) is 3.25. The number of carbonyl (C=O) groups excluding carboxylic acids is 1. The van der Waals surface area contributed by atoms with Crippen LogP contribution in [0.5, 0.6) is 0 Å². The summed E-state index contributed by atoms with van der Waals surface area (Å²) in [7, 11) is 0. The minimum atomic E-state index is -0.196. The van der Waals surface area contributed by atoms with E-state index in [0.29, 0.717) is 21.2 Å². The van der Waals surface area contributed by atoms with Gasteiger partial charge in [0, 0.05) is 20.8 Å². The number of carbonyl (C=O) groups is 1. The molecule has 0 spiro atoms. The van der Waals surface area contributed by atoms with Crippen molar-refractivity contribution in [1.29, 1.82) is 0 Å². The van der Waals surface area contributed by atoms with Crippen LogP contribution in [0.1, 0.15) is 24.4 Å². The van der Waals surface area contributed by atoms with E-state index in [4.69, 9.17) is 11.6 Å². The second-order valence-corrected chi connectivity index (χ2v) is 9.66. The van der Waals surface area contributed by atoms with Gasteiger partial charge in [0.25, 0.3) is 5.56 Å². The van der Waals surface area contributed by atoms with E-state index < -0.39 is 0 Å². The number of halogens is 1. The first-order valence-electron chi connectivity index (χ1n) is 9.65. The minimum Gasteiger partial charge on any atom is -0.347 e. The van der Waals surface area contributed by atoms with Crippen LogP contribution in [0.15, 0.2) is 58.3 Å². The number of hydrogen-bond donors (Lipinski definition) is 1. The molecule has 0 aliphatic heterocycles. The Morgan fingerprint density at radius 3 is 2.73 bits per heavy atom. The summed E-state index contributed by atoms with van der Waals surface area (Å²) >= 11 is 9.03. The van der Waals surface area contributed by atoms with Crippen molar-refractivity contribution < 1.29 is 4.79 Å². The number of hydrogen-bond acceptors (Lipinski definition) is 5. The van der Waals surface area contributed by atoms with Gasteiger partial charge in [-0.15, -0.1) is 22.7 Å². The molecule has 0 radical (unpaired) electrons. The van der Waals surface area contributed by atoms with Gasteiger partial charge in [-0.25, -0.2) is 4.98 Å². The van der Waals surface area contributed by atoms with E-state index in [0.717, 1.165) is 28.8 Å². The molecule has 30 heavy (non-hydrogen) atoms. The predicted molar refractivity (Wildman–Crippen MR) is 122 cm³/mol. The van der Waals surface area contributed by atoms with Crippen LogP contribution < -0.4 is 10.9 Å². The summed E-state index contributed by atoms with van der Waals surface area (Å²) in [5.41, 5.74) is 1.73. The Morgan fingerprint density at radius 1 is 1.23 bits per heavy atom. The lowest BCUT2D eigenvalue weighted by Crippen LogP contribution is -2.35. The quantitative estimate of drug-likeness (QED) is 0.439. The van der Waals surface area contributed by atoms with Crippen molar-refractivity contribution in [2.75, 3.05) is 0 Å². The summed E-state index contributed by atoms with van der Waals surface area (Å²) in [6.07, 6.45) is 3.63. The Labute approximate surface area is 186 Å². The van der Waals surface area contributed by atoms with Gasteiger partial charge in [0.15, 0.2) is 0 Å². The summed E-state index contributed by atoms with van der Waals surface area (Å²) in [6.45, 7) is -0.0572. The molecule has 1 fully saturated rings. The number of rotatable bonds is 6. The van der Waals surface area contributed by atoms with E-state index in [1.54, 1.807) is 11.3 Å². The third-order valence-corrected chi connectivity index (χ3v) is 7.34. The number of nitrogens with one attached hydrogen (secondary N) is 1.